The number of aryl methyl sites for hydroxylation is 1. The Morgan fingerprint density at radius 2 is 1.81 bits per heavy atom. The molecule has 7 nitrogen and oxygen atoms in total. The van der Waals surface area contributed by atoms with Crippen LogP contribution in [0.1, 0.15) is 71.7 Å². The number of amides is 3. The lowest BCUT2D eigenvalue weighted by Crippen LogP contribution is -2.58. The van der Waals surface area contributed by atoms with Crippen LogP contribution in [0.25, 0.3) is 10.4 Å². The number of rotatable bonds is 8. The maximum Gasteiger partial charge on any atom is 0.246 e. The molecule has 0 bridgehead atoms. The zero-order valence-corrected chi connectivity index (χ0v) is 23.6. The predicted octanol–water partition coefficient (Wildman–Crippen LogP) is 4.81. The Morgan fingerprint density at radius 3 is 2.35 bits per heavy atom. The highest BCUT2D eigenvalue weighted by Crippen LogP contribution is 2.30. The monoisotopic (exact) mass is 530 g/mol. The molecule has 2 heterocycles. The van der Waals surface area contributed by atoms with Gasteiger partial charge in [0.05, 0.1) is 28.7 Å². The van der Waals surface area contributed by atoms with Gasteiger partial charge in [-0.2, -0.15) is 0 Å². The summed E-state index contributed by atoms with van der Waals surface area (Å²) < 4.78 is 14.6. The van der Waals surface area contributed by atoms with E-state index in [0.29, 0.717) is 6.42 Å². The molecular formula is C28H39FN4O3S. The number of hydrogen-bond donors (Lipinski definition) is 2. The molecule has 1 aromatic heterocycles. The fraction of sp³-hybridized carbons (Fsp3) is 0.571. The van der Waals surface area contributed by atoms with Crippen LogP contribution in [0.5, 0.6) is 0 Å². The molecule has 1 aliphatic heterocycles. The third-order valence-corrected chi connectivity index (χ3v) is 8.05. The highest BCUT2D eigenvalue weighted by molar-refractivity contribution is 7.13. The molecule has 3 amide bonds. The van der Waals surface area contributed by atoms with Crippen LogP contribution >= 0.6 is 11.3 Å². The molecule has 0 radical (unpaired) electrons. The number of aromatic nitrogens is 1. The Labute approximate surface area is 223 Å². The number of hydrogen-bond acceptors (Lipinski definition) is 5. The third kappa shape index (κ3) is 6.74. The molecule has 5 atom stereocenters. The van der Waals surface area contributed by atoms with Crippen molar-refractivity contribution in [1.82, 2.24) is 20.5 Å². The van der Waals surface area contributed by atoms with Crippen molar-refractivity contribution in [3.05, 3.63) is 41.0 Å². The largest absolute Gasteiger partial charge is 0.348 e. The van der Waals surface area contributed by atoms with E-state index in [4.69, 9.17) is 0 Å². The Morgan fingerprint density at radius 1 is 1.16 bits per heavy atom. The topological polar surface area (TPSA) is 91.4 Å². The van der Waals surface area contributed by atoms with Gasteiger partial charge in [0.25, 0.3) is 0 Å². The van der Waals surface area contributed by atoms with Crippen molar-refractivity contribution in [3.63, 3.8) is 0 Å². The lowest BCUT2D eigenvalue weighted by Gasteiger charge is -2.36. The van der Waals surface area contributed by atoms with Crippen molar-refractivity contribution >= 4 is 29.1 Å². The fourth-order valence-electron chi connectivity index (χ4n) is 4.46. The van der Waals surface area contributed by atoms with Gasteiger partial charge >= 0.3 is 0 Å². The first-order valence-electron chi connectivity index (χ1n) is 12.9. The van der Waals surface area contributed by atoms with Crippen molar-refractivity contribution in [2.24, 2.45) is 11.3 Å². The molecule has 202 valence electrons. The summed E-state index contributed by atoms with van der Waals surface area (Å²) in [5.41, 5.74) is 4.14. The van der Waals surface area contributed by atoms with Crippen LogP contribution in [0.2, 0.25) is 0 Å². The van der Waals surface area contributed by atoms with Crippen molar-refractivity contribution in [3.8, 4) is 10.4 Å². The molecule has 1 fully saturated rings. The minimum atomic E-state index is -1.30. The summed E-state index contributed by atoms with van der Waals surface area (Å²) in [6.45, 7) is 12.9. The summed E-state index contributed by atoms with van der Waals surface area (Å²) in [4.78, 5) is 46.2. The molecule has 0 saturated carbocycles. The number of nitrogens with zero attached hydrogens (tertiary/aromatic N) is 2. The van der Waals surface area contributed by atoms with Crippen molar-refractivity contribution < 1.29 is 18.8 Å². The third-order valence-electron chi connectivity index (χ3n) is 7.07. The molecule has 0 spiro atoms. The van der Waals surface area contributed by atoms with Gasteiger partial charge in [-0.05, 0) is 36.8 Å². The summed E-state index contributed by atoms with van der Waals surface area (Å²) in [5, 5.41) is 5.82. The van der Waals surface area contributed by atoms with E-state index >= 15 is 0 Å². The van der Waals surface area contributed by atoms with E-state index in [2.05, 4.69) is 15.6 Å². The van der Waals surface area contributed by atoms with E-state index in [1.807, 2.05) is 71.3 Å². The van der Waals surface area contributed by atoms with E-state index in [9.17, 15) is 18.8 Å². The van der Waals surface area contributed by atoms with Gasteiger partial charge in [0, 0.05) is 12.3 Å². The molecule has 3 rings (SSSR count). The van der Waals surface area contributed by atoms with Gasteiger partial charge in [0.1, 0.15) is 18.3 Å². The highest BCUT2D eigenvalue weighted by atomic mass is 32.1. The average molecular weight is 531 g/mol. The van der Waals surface area contributed by atoms with Gasteiger partial charge < -0.3 is 15.5 Å². The number of nitrogens with one attached hydrogen (secondary N) is 2. The summed E-state index contributed by atoms with van der Waals surface area (Å²) in [6.07, 6.45) is -0.729. The molecule has 1 saturated heterocycles. The molecule has 0 aliphatic carbocycles. The summed E-state index contributed by atoms with van der Waals surface area (Å²) >= 11 is 1.58. The van der Waals surface area contributed by atoms with E-state index in [-0.39, 0.29) is 30.8 Å². The van der Waals surface area contributed by atoms with E-state index in [1.54, 1.807) is 18.3 Å². The summed E-state index contributed by atoms with van der Waals surface area (Å²) in [6, 6.07) is 5.77. The van der Waals surface area contributed by atoms with Gasteiger partial charge in [-0.15, -0.1) is 11.3 Å². The molecule has 1 aromatic carbocycles. The maximum absolute atomic E-state index is 14.6. The molecule has 1 aliphatic rings. The molecule has 37 heavy (non-hydrogen) atoms. The van der Waals surface area contributed by atoms with Crippen LogP contribution in [-0.4, -0.2) is 52.4 Å². The van der Waals surface area contributed by atoms with Crippen molar-refractivity contribution in [2.75, 3.05) is 6.54 Å². The zero-order chi connectivity index (χ0) is 27.5. The normalized spacial score (nSPS) is 20.3. The van der Waals surface area contributed by atoms with Gasteiger partial charge in [0.15, 0.2) is 0 Å². The van der Waals surface area contributed by atoms with Crippen LogP contribution in [0.3, 0.4) is 0 Å². The quantitative estimate of drug-likeness (QED) is 0.512. The standard InChI is InChI=1S/C28H39FN4O3S/c1-8-16(2)25(34)32-24(28(5,6)7)27(36)33-14-21(29)13-22(33)26(35)31-17(3)19-9-11-20(12-10-19)23-18(4)30-15-37-23/h9-12,15-17,21-22,24H,8,13-14H2,1-7H3,(H,31,35)(H,32,34)/t16?,17-,21+,22-,24+/m0/s1. The van der Waals surface area contributed by atoms with Gasteiger partial charge in [-0.25, -0.2) is 9.37 Å². The van der Waals surface area contributed by atoms with Crippen LogP contribution in [0.15, 0.2) is 29.8 Å². The number of likely N-dealkylation sites (tertiary alicyclic amines) is 1. The zero-order valence-electron chi connectivity index (χ0n) is 22.8. The maximum atomic E-state index is 14.6. The minimum absolute atomic E-state index is 0.0654. The second-order valence-electron chi connectivity index (χ2n) is 11.1. The van der Waals surface area contributed by atoms with Gasteiger partial charge in [-0.3, -0.25) is 14.4 Å². The lowest BCUT2D eigenvalue weighted by atomic mass is 9.85. The van der Waals surface area contributed by atoms with Crippen LogP contribution in [0.4, 0.5) is 4.39 Å². The molecule has 1 unspecified atom stereocenters. The lowest BCUT2D eigenvalue weighted by molar-refractivity contribution is -0.144. The van der Waals surface area contributed by atoms with Crippen LogP contribution in [-0.2, 0) is 14.4 Å². The van der Waals surface area contributed by atoms with Gasteiger partial charge in [-0.1, -0.05) is 58.9 Å². The smallest absolute Gasteiger partial charge is 0.246 e. The van der Waals surface area contributed by atoms with Gasteiger partial charge in [0.2, 0.25) is 17.7 Å². The SMILES string of the molecule is CCC(C)C(=O)N[C@H](C(=O)N1C[C@H](F)C[C@H]1C(=O)N[C@@H](C)c1ccc(-c2scnc2C)cc1)C(C)(C)C. The van der Waals surface area contributed by atoms with E-state index in [1.165, 1.54) is 4.90 Å². The predicted molar refractivity (Wildman–Crippen MR) is 145 cm³/mol. The summed E-state index contributed by atoms with van der Waals surface area (Å²) in [5.74, 6) is -1.31. The summed E-state index contributed by atoms with van der Waals surface area (Å²) in [7, 11) is 0. The molecule has 2 aromatic rings. The minimum Gasteiger partial charge on any atom is -0.348 e. The average Bonchev–Trinajstić information content (AvgIpc) is 3.46. The van der Waals surface area contributed by atoms with Crippen LogP contribution < -0.4 is 10.6 Å². The second kappa shape index (κ2) is 11.7. The van der Waals surface area contributed by atoms with Crippen molar-refractivity contribution in [1.29, 1.82) is 0 Å². The van der Waals surface area contributed by atoms with E-state index < -0.39 is 35.5 Å². The second-order valence-corrected chi connectivity index (χ2v) is 11.9. The highest BCUT2D eigenvalue weighted by Gasteiger charge is 2.45. The number of thiazole rings is 1. The number of alkyl halides is 1. The molecule has 2 N–H and O–H groups in total. The Kier molecular flexibility index (Phi) is 9.10. The number of benzene rings is 1. The Bertz CT molecular complexity index is 1110. The first-order valence-corrected chi connectivity index (χ1v) is 13.8. The fourth-order valence-corrected chi connectivity index (χ4v) is 5.27. The molecular weight excluding hydrogens is 491 g/mol. The number of halogens is 1. The Balaban J connectivity index is 1.73. The van der Waals surface area contributed by atoms with Crippen molar-refractivity contribution in [2.45, 2.75) is 85.6 Å². The van der Waals surface area contributed by atoms with Crippen LogP contribution in [0, 0.1) is 18.3 Å². The number of carbonyl (C=O) groups is 3. The van der Waals surface area contributed by atoms with E-state index in [0.717, 1.165) is 21.7 Å². The first kappa shape index (κ1) is 28.8. The first-order chi connectivity index (χ1) is 17.3. The Hall–Kier alpha value is -2.81. The molecule has 9 heteroatoms. The number of carbonyl (C=O) groups excluding carboxylic acids is 3.